The standard InChI is InChI=1S/C15H20N4S/c1-10(11-5-2-3-6-11)18-15-13(14(16)19-20-15)12-7-4-8-17-9-12/h4,7-11,18H,2-3,5-6H2,1H3,(H2,16,19). The molecule has 0 radical (unpaired) electrons. The zero-order chi connectivity index (χ0) is 13.9. The number of nitrogens with two attached hydrogens (primary N) is 1. The van der Waals surface area contributed by atoms with E-state index in [0.29, 0.717) is 11.9 Å². The summed E-state index contributed by atoms with van der Waals surface area (Å²) in [5, 5.41) is 4.68. The maximum atomic E-state index is 6.03. The van der Waals surface area contributed by atoms with Crippen molar-refractivity contribution >= 4 is 22.4 Å². The second kappa shape index (κ2) is 5.79. The Balaban J connectivity index is 1.84. The first-order valence-corrected chi connectivity index (χ1v) is 7.95. The first-order valence-electron chi connectivity index (χ1n) is 7.18. The second-order valence-corrected chi connectivity index (χ2v) is 6.26. The van der Waals surface area contributed by atoms with Crippen LogP contribution < -0.4 is 11.1 Å². The lowest BCUT2D eigenvalue weighted by Gasteiger charge is -2.21. The number of pyridine rings is 1. The van der Waals surface area contributed by atoms with Crippen LogP contribution in [0.1, 0.15) is 32.6 Å². The van der Waals surface area contributed by atoms with Gasteiger partial charge in [-0.2, -0.15) is 4.37 Å². The molecule has 0 spiro atoms. The van der Waals surface area contributed by atoms with Crippen molar-refractivity contribution in [2.24, 2.45) is 5.92 Å². The average molecular weight is 288 g/mol. The molecule has 4 nitrogen and oxygen atoms in total. The molecule has 106 valence electrons. The van der Waals surface area contributed by atoms with Gasteiger partial charge in [0.25, 0.3) is 0 Å². The summed E-state index contributed by atoms with van der Waals surface area (Å²) in [6.45, 7) is 2.26. The SMILES string of the molecule is CC(Nc1snc(N)c1-c1cccnc1)C1CCCC1. The van der Waals surface area contributed by atoms with Gasteiger partial charge in [-0.05, 0) is 43.3 Å². The van der Waals surface area contributed by atoms with Crippen molar-refractivity contribution in [1.82, 2.24) is 9.36 Å². The van der Waals surface area contributed by atoms with Crippen LogP contribution in [0.5, 0.6) is 0 Å². The second-order valence-electron chi connectivity index (χ2n) is 5.49. The topological polar surface area (TPSA) is 63.8 Å². The molecule has 1 unspecified atom stereocenters. The Kier molecular flexibility index (Phi) is 3.87. The highest BCUT2D eigenvalue weighted by atomic mass is 32.1. The van der Waals surface area contributed by atoms with Gasteiger partial charge in [0.15, 0.2) is 0 Å². The molecule has 3 rings (SSSR count). The third-order valence-electron chi connectivity index (χ3n) is 4.13. The summed E-state index contributed by atoms with van der Waals surface area (Å²) in [6.07, 6.45) is 8.97. The Labute approximate surface area is 123 Å². The third-order valence-corrected chi connectivity index (χ3v) is 4.93. The molecule has 20 heavy (non-hydrogen) atoms. The number of hydrogen-bond acceptors (Lipinski definition) is 5. The van der Waals surface area contributed by atoms with E-state index in [2.05, 4.69) is 21.6 Å². The summed E-state index contributed by atoms with van der Waals surface area (Å²) in [4.78, 5) is 4.17. The van der Waals surface area contributed by atoms with Crippen molar-refractivity contribution in [3.63, 3.8) is 0 Å². The van der Waals surface area contributed by atoms with Crippen LogP contribution in [0.3, 0.4) is 0 Å². The number of nitrogen functional groups attached to an aromatic ring is 1. The Hall–Kier alpha value is -1.62. The van der Waals surface area contributed by atoms with Crippen molar-refractivity contribution in [2.45, 2.75) is 38.6 Å². The number of rotatable bonds is 4. The highest BCUT2D eigenvalue weighted by Crippen LogP contribution is 2.38. The largest absolute Gasteiger partial charge is 0.382 e. The smallest absolute Gasteiger partial charge is 0.147 e. The molecule has 0 aliphatic heterocycles. The molecule has 2 aromatic rings. The van der Waals surface area contributed by atoms with E-state index in [0.717, 1.165) is 22.0 Å². The van der Waals surface area contributed by atoms with Crippen LogP contribution >= 0.6 is 11.5 Å². The molecular formula is C15H20N4S. The molecule has 0 saturated heterocycles. The maximum Gasteiger partial charge on any atom is 0.147 e. The van der Waals surface area contributed by atoms with Crippen LogP contribution in [0.15, 0.2) is 24.5 Å². The normalized spacial score (nSPS) is 17.2. The molecule has 1 fully saturated rings. The molecule has 0 bridgehead atoms. The van der Waals surface area contributed by atoms with Crippen LogP contribution in [-0.2, 0) is 0 Å². The van der Waals surface area contributed by atoms with Crippen molar-refractivity contribution < 1.29 is 0 Å². The zero-order valence-electron chi connectivity index (χ0n) is 11.7. The fraction of sp³-hybridized carbons (Fsp3) is 0.467. The van der Waals surface area contributed by atoms with Crippen LogP contribution in [0.4, 0.5) is 10.8 Å². The van der Waals surface area contributed by atoms with E-state index in [-0.39, 0.29) is 0 Å². The lowest BCUT2D eigenvalue weighted by Crippen LogP contribution is -2.23. The summed E-state index contributed by atoms with van der Waals surface area (Å²) in [6, 6.07) is 4.42. The molecule has 2 heterocycles. The van der Waals surface area contributed by atoms with Crippen molar-refractivity contribution in [2.75, 3.05) is 11.1 Å². The minimum absolute atomic E-state index is 0.466. The Bertz CT molecular complexity index is 561. The number of aromatic nitrogens is 2. The number of nitrogens with one attached hydrogen (secondary N) is 1. The number of nitrogens with zero attached hydrogens (tertiary/aromatic N) is 2. The Morgan fingerprint density at radius 2 is 2.20 bits per heavy atom. The molecule has 2 aromatic heterocycles. The molecular weight excluding hydrogens is 268 g/mol. The minimum Gasteiger partial charge on any atom is -0.382 e. The van der Waals surface area contributed by atoms with E-state index >= 15 is 0 Å². The molecule has 1 atom stereocenters. The summed E-state index contributed by atoms with van der Waals surface area (Å²) in [5.41, 5.74) is 8.06. The first kappa shape index (κ1) is 13.4. The molecule has 1 aliphatic carbocycles. The lowest BCUT2D eigenvalue weighted by atomic mass is 9.99. The van der Waals surface area contributed by atoms with Crippen molar-refractivity contribution in [3.05, 3.63) is 24.5 Å². The molecule has 1 aliphatic rings. The predicted molar refractivity (Wildman–Crippen MR) is 84.8 cm³/mol. The monoisotopic (exact) mass is 288 g/mol. The fourth-order valence-electron chi connectivity index (χ4n) is 2.97. The molecule has 3 N–H and O–H groups in total. The third kappa shape index (κ3) is 2.63. The van der Waals surface area contributed by atoms with Gasteiger partial charge in [-0.3, -0.25) is 4.98 Å². The highest BCUT2D eigenvalue weighted by molar-refractivity contribution is 7.11. The average Bonchev–Trinajstić information content (AvgIpc) is 3.10. The first-order chi connectivity index (χ1) is 9.75. The van der Waals surface area contributed by atoms with Crippen molar-refractivity contribution in [3.8, 4) is 11.1 Å². The Morgan fingerprint density at radius 1 is 1.40 bits per heavy atom. The van der Waals surface area contributed by atoms with E-state index in [1.807, 2.05) is 18.3 Å². The molecule has 0 aromatic carbocycles. The van der Waals surface area contributed by atoms with E-state index < -0.39 is 0 Å². The van der Waals surface area contributed by atoms with E-state index in [4.69, 9.17) is 5.73 Å². The quantitative estimate of drug-likeness (QED) is 0.898. The van der Waals surface area contributed by atoms with Gasteiger partial charge in [0.1, 0.15) is 10.8 Å². The minimum atomic E-state index is 0.466. The zero-order valence-corrected chi connectivity index (χ0v) is 12.5. The summed E-state index contributed by atoms with van der Waals surface area (Å²) in [7, 11) is 0. The van der Waals surface area contributed by atoms with Gasteiger partial charge >= 0.3 is 0 Å². The number of hydrogen-bond donors (Lipinski definition) is 2. The summed E-state index contributed by atoms with van der Waals surface area (Å²) in [5.74, 6) is 1.35. The van der Waals surface area contributed by atoms with Gasteiger partial charge in [-0.25, -0.2) is 0 Å². The van der Waals surface area contributed by atoms with Crippen LogP contribution in [0, 0.1) is 5.92 Å². The number of anilines is 2. The maximum absolute atomic E-state index is 6.03. The highest BCUT2D eigenvalue weighted by Gasteiger charge is 2.23. The molecule has 5 heteroatoms. The van der Waals surface area contributed by atoms with Crippen molar-refractivity contribution in [1.29, 1.82) is 0 Å². The van der Waals surface area contributed by atoms with E-state index in [1.165, 1.54) is 37.2 Å². The van der Waals surface area contributed by atoms with Gasteiger partial charge in [0.2, 0.25) is 0 Å². The fourth-order valence-corrected chi connectivity index (χ4v) is 3.81. The van der Waals surface area contributed by atoms with Gasteiger partial charge < -0.3 is 11.1 Å². The van der Waals surface area contributed by atoms with Crippen LogP contribution in [-0.4, -0.2) is 15.4 Å². The van der Waals surface area contributed by atoms with Gasteiger partial charge in [-0.15, -0.1) is 0 Å². The summed E-state index contributed by atoms with van der Waals surface area (Å²) >= 11 is 1.44. The van der Waals surface area contributed by atoms with Gasteiger partial charge in [0, 0.05) is 24.0 Å². The molecule has 0 amide bonds. The van der Waals surface area contributed by atoms with E-state index in [1.54, 1.807) is 6.20 Å². The van der Waals surface area contributed by atoms with Gasteiger partial charge in [0.05, 0.1) is 5.56 Å². The van der Waals surface area contributed by atoms with Crippen LogP contribution in [0.25, 0.3) is 11.1 Å². The van der Waals surface area contributed by atoms with Crippen LogP contribution in [0.2, 0.25) is 0 Å². The van der Waals surface area contributed by atoms with E-state index in [9.17, 15) is 0 Å². The lowest BCUT2D eigenvalue weighted by molar-refractivity contribution is 0.483. The predicted octanol–water partition coefficient (Wildman–Crippen LogP) is 3.78. The summed E-state index contributed by atoms with van der Waals surface area (Å²) < 4.78 is 4.30. The van der Waals surface area contributed by atoms with Gasteiger partial charge in [-0.1, -0.05) is 18.9 Å². The molecule has 1 saturated carbocycles. The Morgan fingerprint density at radius 3 is 2.90 bits per heavy atom.